The first-order valence-electron chi connectivity index (χ1n) is 8.84. The number of benzene rings is 2. The molecule has 0 atom stereocenters. The molecule has 0 spiro atoms. The summed E-state index contributed by atoms with van der Waals surface area (Å²) in [7, 11) is 0. The molecule has 136 valence electrons. The Morgan fingerprint density at radius 1 is 1.04 bits per heavy atom. The zero-order chi connectivity index (χ0) is 18.4. The highest BCUT2D eigenvalue weighted by molar-refractivity contribution is 6.31. The van der Waals surface area contributed by atoms with Crippen molar-refractivity contribution in [3.63, 3.8) is 0 Å². The lowest BCUT2D eigenvalue weighted by Crippen LogP contribution is -2.43. The predicted molar refractivity (Wildman–Crippen MR) is 108 cm³/mol. The summed E-state index contributed by atoms with van der Waals surface area (Å²) >= 11 is 6.25. The average molecular weight is 370 g/mol. The Balaban J connectivity index is 1.56. The van der Waals surface area contributed by atoms with Gasteiger partial charge in [-0.15, -0.1) is 6.58 Å². The molecule has 2 aromatic rings. The molecule has 3 rings (SSSR count). The number of hydrogen-bond donors (Lipinski definition) is 1. The summed E-state index contributed by atoms with van der Waals surface area (Å²) in [5.74, 6) is 0.286. The van der Waals surface area contributed by atoms with Gasteiger partial charge >= 0.3 is 0 Å². The summed E-state index contributed by atoms with van der Waals surface area (Å²) in [5, 5.41) is 17.7. The number of allylic oxidation sites excluding steroid dienone is 1. The molecule has 0 aromatic heterocycles. The van der Waals surface area contributed by atoms with E-state index in [1.165, 1.54) is 0 Å². The van der Waals surface area contributed by atoms with E-state index in [-0.39, 0.29) is 5.75 Å². The van der Waals surface area contributed by atoms with Crippen LogP contribution in [0.1, 0.15) is 16.7 Å². The number of nitrogens with zero attached hydrogens (tertiary/aromatic N) is 3. The Morgan fingerprint density at radius 3 is 2.50 bits per heavy atom. The van der Waals surface area contributed by atoms with E-state index in [0.29, 0.717) is 6.42 Å². The molecule has 26 heavy (non-hydrogen) atoms. The highest BCUT2D eigenvalue weighted by Gasteiger charge is 2.16. The summed E-state index contributed by atoms with van der Waals surface area (Å²) in [5.41, 5.74) is 2.77. The Morgan fingerprint density at radius 2 is 1.77 bits per heavy atom. The molecule has 5 heteroatoms. The first kappa shape index (κ1) is 18.5. The molecule has 0 bridgehead atoms. The number of para-hydroxylation sites is 1. The van der Waals surface area contributed by atoms with Crippen molar-refractivity contribution in [3.8, 4) is 5.75 Å². The molecule has 0 saturated carbocycles. The lowest BCUT2D eigenvalue weighted by Gasteiger charge is -2.33. The van der Waals surface area contributed by atoms with Crippen molar-refractivity contribution < 1.29 is 5.11 Å². The van der Waals surface area contributed by atoms with Crippen LogP contribution in [0.25, 0.3) is 0 Å². The monoisotopic (exact) mass is 369 g/mol. The van der Waals surface area contributed by atoms with E-state index in [9.17, 15) is 5.11 Å². The zero-order valence-corrected chi connectivity index (χ0v) is 15.6. The van der Waals surface area contributed by atoms with E-state index >= 15 is 0 Å². The molecule has 1 heterocycles. The predicted octanol–water partition coefficient (Wildman–Crippen LogP) is 3.93. The number of piperazine rings is 1. The second kappa shape index (κ2) is 8.88. The van der Waals surface area contributed by atoms with E-state index in [4.69, 9.17) is 11.6 Å². The van der Waals surface area contributed by atoms with Crippen molar-refractivity contribution in [2.24, 2.45) is 5.10 Å². The number of rotatable bonds is 6. The van der Waals surface area contributed by atoms with Crippen LogP contribution in [0.15, 0.2) is 60.2 Å². The second-order valence-corrected chi connectivity index (χ2v) is 6.82. The van der Waals surface area contributed by atoms with Gasteiger partial charge in [-0.05, 0) is 29.7 Å². The fourth-order valence-corrected chi connectivity index (χ4v) is 3.25. The Hall–Kier alpha value is -2.30. The van der Waals surface area contributed by atoms with Crippen LogP contribution in [0.3, 0.4) is 0 Å². The Bertz CT molecular complexity index is 783. The molecule has 4 nitrogen and oxygen atoms in total. The third-order valence-corrected chi connectivity index (χ3v) is 4.94. The highest BCUT2D eigenvalue weighted by Crippen LogP contribution is 2.22. The lowest BCUT2D eigenvalue weighted by molar-refractivity contribution is 0.131. The smallest absolute Gasteiger partial charge is 0.127 e. The largest absolute Gasteiger partial charge is 0.507 e. The molecule has 0 amide bonds. The van der Waals surface area contributed by atoms with E-state index < -0.39 is 0 Å². The van der Waals surface area contributed by atoms with Crippen LogP contribution >= 0.6 is 11.6 Å². The molecule has 0 unspecified atom stereocenters. The fourth-order valence-electron chi connectivity index (χ4n) is 3.06. The zero-order valence-electron chi connectivity index (χ0n) is 14.8. The fraction of sp³-hybridized carbons (Fsp3) is 0.286. The topological polar surface area (TPSA) is 39.1 Å². The van der Waals surface area contributed by atoms with Gasteiger partial charge in [-0.2, -0.15) is 5.10 Å². The number of phenols is 1. The lowest BCUT2D eigenvalue weighted by atomic mass is 10.1. The van der Waals surface area contributed by atoms with Crippen LogP contribution in [-0.4, -0.2) is 47.4 Å². The molecular weight excluding hydrogens is 346 g/mol. The summed E-state index contributed by atoms with van der Waals surface area (Å²) in [4.78, 5) is 2.38. The minimum Gasteiger partial charge on any atom is -0.507 e. The molecule has 0 radical (unpaired) electrons. The highest BCUT2D eigenvalue weighted by atomic mass is 35.5. The molecule has 1 aliphatic rings. The second-order valence-electron chi connectivity index (χ2n) is 6.41. The summed E-state index contributed by atoms with van der Waals surface area (Å²) in [6.07, 6.45) is 4.17. The van der Waals surface area contributed by atoms with Crippen molar-refractivity contribution in [3.05, 3.63) is 76.8 Å². The summed E-state index contributed by atoms with van der Waals surface area (Å²) < 4.78 is 0. The van der Waals surface area contributed by atoms with Gasteiger partial charge in [-0.25, -0.2) is 0 Å². The van der Waals surface area contributed by atoms with Gasteiger partial charge in [-0.3, -0.25) is 9.91 Å². The van der Waals surface area contributed by atoms with Gasteiger partial charge in [0, 0.05) is 43.3 Å². The molecule has 1 aliphatic heterocycles. The van der Waals surface area contributed by atoms with E-state index in [2.05, 4.69) is 22.6 Å². The number of hydrazone groups is 1. The summed E-state index contributed by atoms with van der Waals surface area (Å²) in [6, 6.07) is 13.7. The van der Waals surface area contributed by atoms with Gasteiger partial charge in [0.1, 0.15) is 5.75 Å². The minimum atomic E-state index is 0.286. The first-order chi connectivity index (χ1) is 12.7. The van der Waals surface area contributed by atoms with E-state index in [1.54, 1.807) is 12.3 Å². The van der Waals surface area contributed by atoms with Crippen molar-refractivity contribution in [1.82, 2.24) is 9.91 Å². The van der Waals surface area contributed by atoms with Crippen molar-refractivity contribution in [2.75, 3.05) is 26.2 Å². The van der Waals surface area contributed by atoms with E-state index in [1.807, 2.05) is 41.4 Å². The van der Waals surface area contributed by atoms with Crippen LogP contribution in [-0.2, 0) is 13.0 Å². The third-order valence-electron chi connectivity index (χ3n) is 4.58. The number of halogens is 1. The van der Waals surface area contributed by atoms with Gasteiger partial charge in [-0.1, -0.05) is 48.0 Å². The normalized spacial score (nSPS) is 15.5. The van der Waals surface area contributed by atoms with Gasteiger partial charge in [0.05, 0.1) is 6.21 Å². The van der Waals surface area contributed by atoms with Gasteiger partial charge in [0.2, 0.25) is 0 Å². The van der Waals surface area contributed by atoms with Crippen molar-refractivity contribution >= 4 is 17.8 Å². The maximum absolute atomic E-state index is 10.3. The standard InChI is InChI=1S/C21H24ClN3O/c1-2-6-17-8-5-9-18(21(17)26)15-23-25-13-11-24(12-14-25)16-19-7-3-4-10-20(19)22/h2-5,7-10,15,26H,1,6,11-14,16H2/b23-15-. The average Bonchev–Trinajstić information content (AvgIpc) is 2.66. The number of phenolic OH excluding ortho intramolecular Hbond substituents is 1. The summed E-state index contributed by atoms with van der Waals surface area (Å²) in [6.45, 7) is 8.17. The molecule has 1 saturated heterocycles. The van der Waals surface area contributed by atoms with Gasteiger partial charge < -0.3 is 5.11 Å². The molecule has 2 aromatic carbocycles. The number of aromatic hydroxyl groups is 1. The third kappa shape index (κ3) is 4.65. The SMILES string of the molecule is C=CCc1cccc(/C=N\N2CCN(Cc3ccccc3Cl)CC2)c1O. The van der Waals surface area contributed by atoms with Crippen LogP contribution < -0.4 is 0 Å². The Labute approximate surface area is 160 Å². The quantitative estimate of drug-likeness (QED) is 0.619. The minimum absolute atomic E-state index is 0.286. The van der Waals surface area contributed by atoms with Crippen LogP contribution in [0, 0.1) is 0 Å². The first-order valence-corrected chi connectivity index (χ1v) is 9.21. The van der Waals surface area contributed by atoms with Crippen LogP contribution in [0.4, 0.5) is 0 Å². The Kier molecular flexibility index (Phi) is 6.31. The molecule has 1 N–H and O–H groups in total. The molecular formula is C21H24ClN3O. The molecule has 0 aliphatic carbocycles. The number of hydrogen-bond acceptors (Lipinski definition) is 4. The van der Waals surface area contributed by atoms with Crippen molar-refractivity contribution in [1.29, 1.82) is 0 Å². The maximum atomic E-state index is 10.3. The van der Waals surface area contributed by atoms with Crippen molar-refractivity contribution in [2.45, 2.75) is 13.0 Å². The van der Waals surface area contributed by atoms with Gasteiger partial charge in [0.25, 0.3) is 0 Å². The van der Waals surface area contributed by atoms with Gasteiger partial charge in [0.15, 0.2) is 0 Å². The van der Waals surface area contributed by atoms with Crippen LogP contribution in [0.2, 0.25) is 5.02 Å². The molecule has 1 fully saturated rings. The maximum Gasteiger partial charge on any atom is 0.127 e. The van der Waals surface area contributed by atoms with Crippen LogP contribution in [0.5, 0.6) is 5.75 Å². The van der Waals surface area contributed by atoms with E-state index in [0.717, 1.165) is 54.4 Å².